The SMILES string of the molecule is CCC(C)(C)N(C)c1ccnc(Cl)n1. The molecule has 0 aromatic carbocycles. The fourth-order valence-corrected chi connectivity index (χ4v) is 1.20. The average molecular weight is 214 g/mol. The van der Waals surface area contributed by atoms with Gasteiger partial charge in [-0.15, -0.1) is 0 Å². The highest BCUT2D eigenvalue weighted by atomic mass is 35.5. The van der Waals surface area contributed by atoms with E-state index in [2.05, 4.69) is 35.6 Å². The Morgan fingerprint density at radius 1 is 1.50 bits per heavy atom. The number of nitrogens with zero attached hydrogens (tertiary/aromatic N) is 3. The van der Waals surface area contributed by atoms with Crippen LogP contribution < -0.4 is 4.90 Å². The van der Waals surface area contributed by atoms with Gasteiger partial charge in [0.2, 0.25) is 5.28 Å². The first-order valence-electron chi connectivity index (χ1n) is 4.70. The van der Waals surface area contributed by atoms with Gasteiger partial charge in [0.1, 0.15) is 5.82 Å². The summed E-state index contributed by atoms with van der Waals surface area (Å²) in [6, 6.07) is 1.86. The third-order valence-electron chi connectivity index (χ3n) is 2.73. The lowest BCUT2D eigenvalue weighted by Gasteiger charge is -2.35. The fraction of sp³-hybridized carbons (Fsp3) is 0.600. The van der Waals surface area contributed by atoms with E-state index >= 15 is 0 Å². The Kier molecular flexibility index (Phi) is 3.32. The lowest BCUT2D eigenvalue weighted by molar-refractivity contribution is 0.467. The molecule has 0 unspecified atom stereocenters. The van der Waals surface area contributed by atoms with E-state index in [4.69, 9.17) is 11.6 Å². The van der Waals surface area contributed by atoms with E-state index in [0.717, 1.165) is 12.2 Å². The summed E-state index contributed by atoms with van der Waals surface area (Å²) in [6.45, 7) is 6.49. The van der Waals surface area contributed by atoms with Gasteiger partial charge in [-0.1, -0.05) is 6.92 Å². The Hall–Kier alpha value is -0.830. The molecule has 0 aliphatic rings. The summed E-state index contributed by atoms with van der Waals surface area (Å²) in [5.41, 5.74) is 0.0810. The highest BCUT2D eigenvalue weighted by Crippen LogP contribution is 2.22. The third-order valence-corrected chi connectivity index (χ3v) is 2.91. The minimum atomic E-state index is 0.0810. The largest absolute Gasteiger partial charge is 0.354 e. The van der Waals surface area contributed by atoms with Crippen LogP contribution in [0.1, 0.15) is 27.2 Å². The first kappa shape index (κ1) is 11.2. The second-order valence-electron chi connectivity index (χ2n) is 3.91. The van der Waals surface area contributed by atoms with E-state index in [9.17, 15) is 0 Å². The molecule has 3 nitrogen and oxygen atoms in total. The molecular weight excluding hydrogens is 198 g/mol. The smallest absolute Gasteiger partial charge is 0.224 e. The van der Waals surface area contributed by atoms with Crippen molar-refractivity contribution in [3.05, 3.63) is 17.5 Å². The Balaban J connectivity index is 2.94. The summed E-state index contributed by atoms with van der Waals surface area (Å²) in [7, 11) is 2.02. The summed E-state index contributed by atoms with van der Waals surface area (Å²) in [6.07, 6.45) is 2.72. The number of anilines is 1. The quantitative estimate of drug-likeness (QED) is 0.723. The van der Waals surface area contributed by atoms with Crippen LogP contribution in [0.2, 0.25) is 5.28 Å². The van der Waals surface area contributed by atoms with Crippen molar-refractivity contribution in [2.24, 2.45) is 0 Å². The van der Waals surface area contributed by atoms with Crippen LogP contribution in [-0.4, -0.2) is 22.6 Å². The maximum atomic E-state index is 5.73. The van der Waals surface area contributed by atoms with Crippen molar-refractivity contribution in [3.8, 4) is 0 Å². The van der Waals surface area contributed by atoms with Gasteiger partial charge in [0.15, 0.2) is 0 Å². The molecule has 78 valence electrons. The minimum absolute atomic E-state index is 0.0810. The molecule has 4 heteroatoms. The summed E-state index contributed by atoms with van der Waals surface area (Å²) < 4.78 is 0. The van der Waals surface area contributed by atoms with Crippen molar-refractivity contribution < 1.29 is 0 Å². The highest BCUT2D eigenvalue weighted by molar-refractivity contribution is 6.28. The Morgan fingerprint density at radius 2 is 2.14 bits per heavy atom. The molecule has 0 spiro atoms. The number of rotatable bonds is 3. The molecule has 0 saturated carbocycles. The molecule has 1 rings (SSSR count). The van der Waals surface area contributed by atoms with Crippen LogP contribution in [0, 0.1) is 0 Å². The van der Waals surface area contributed by atoms with Crippen molar-refractivity contribution in [3.63, 3.8) is 0 Å². The second kappa shape index (κ2) is 4.13. The zero-order valence-corrected chi connectivity index (χ0v) is 9.84. The molecule has 1 heterocycles. The van der Waals surface area contributed by atoms with Gasteiger partial charge in [-0.3, -0.25) is 0 Å². The van der Waals surface area contributed by atoms with Gasteiger partial charge in [-0.25, -0.2) is 9.97 Å². The van der Waals surface area contributed by atoms with Gasteiger partial charge in [0.25, 0.3) is 0 Å². The first-order valence-corrected chi connectivity index (χ1v) is 5.07. The third kappa shape index (κ3) is 2.35. The minimum Gasteiger partial charge on any atom is -0.354 e. The molecule has 0 amide bonds. The lowest BCUT2D eigenvalue weighted by Crippen LogP contribution is -2.41. The molecule has 1 aromatic heterocycles. The van der Waals surface area contributed by atoms with Gasteiger partial charge in [-0.05, 0) is 37.9 Å². The summed E-state index contributed by atoms with van der Waals surface area (Å²) in [5, 5.41) is 0.293. The number of hydrogen-bond acceptors (Lipinski definition) is 3. The van der Waals surface area contributed by atoms with Crippen LogP contribution >= 0.6 is 11.6 Å². The zero-order chi connectivity index (χ0) is 10.8. The molecular formula is C10H16ClN3. The maximum absolute atomic E-state index is 5.73. The fourth-order valence-electron chi connectivity index (χ4n) is 1.06. The van der Waals surface area contributed by atoms with Crippen LogP contribution in [0.25, 0.3) is 0 Å². The molecule has 0 saturated heterocycles. The molecule has 0 bridgehead atoms. The van der Waals surface area contributed by atoms with Gasteiger partial charge in [0, 0.05) is 18.8 Å². The monoisotopic (exact) mass is 213 g/mol. The average Bonchev–Trinajstić information content (AvgIpc) is 2.16. The van der Waals surface area contributed by atoms with E-state index in [-0.39, 0.29) is 5.54 Å². The van der Waals surface area contributed by atoms with Crippen LogP contribution in [0.15, 0.2) is 12.3 Å². The highest BCUT2D eigenvalue weighted by Gasteiger charge is 2.22. The van der Waals surface area contributed by atoms with Crippen molar-refractivity contribution in [1.29, 1.82) is 0 Å². The summed E-state index contributed by atoms with van der Waals surface area (Å²) in [4.78, 5) is 10.1. The number of aromatic nitrogens is 2. The van der Waals surface area contributed by atoms with E-state index < -0.39 is 0 Å². The van der Waals surface area contributed by atoms with Crippen molar-refractivity contribution >= 4 is 17.4 Å². The molecule has 0 N–H and O–H groups in total. The molecule has 0 aliphatic heterocycles. The molecule has 14 heavy (non-hydrogen) atoms. The zero-order valence-electron chi connectivity index (χ0n) is 9.08. The van der Waals surface area contributed by atoms with E-state index in [0.29, 0.717) is 5.28 Å². The maximum Gasteiger partial charge on any atom is 0.224 e. The van der Waals surface area contributed by atoms with Crippen molar-refractivity contribution in [2.45, 2.75) is 32.7 Å². The van der Waals surface area contributed by atoms with Crippen molar-refractivity contribution in [1.82, 2.24) is 9.97 Å². The Morgan fingerprint density at radius 3 is 2.64 bits per heavy atom. The summed E-state index contributed by atoms with van der Waals surface area (Å²) >= 11 is 5.73. The number of hydrogen-bond donors (Lipinski definition) is 0. The van der Waals surface area contributed by atoms with E-state index in [1.807, 2.05) is 13.1 Å². The van der Waals surface area contributed by atoms with E-state index in [1.54, 1.807) is 6.20 Å². The van der Waals surface area contributed by atoms with Gasteiger partial charge >= 0.3 is 0 Å². The van der Waals surface area contributed by atoms with Crippen LogP contribution in [0.3, 0.4) is 0 Å². The Bertz CT molecular complexity index is 312. The molecule has 0 fully saturated rings. The lowest BCUT2D eigenvalue weighted by atomic mass is 10.0. The second-order valence-corrected chi connectivity index (χ2v) is 4.25. The van der Waals surface area contributed by atoms with Gasteiger partial charge < -0.3 is 4.90 Å². The van der Waals surface area contributed by atoms with Crippen LogP contribution in [0.5, 0.6) is 0 Å². The summed E-state index contributed by atoms with van der Waals surface area (Å²) in [5.74, 6) is 0.858. The van der Waals surface area contributed by atoms with Gasteiger partial charge in [0.05, 0.1) is 0 Å². The van der Waals surface area contributed by atoms with E-state index in [1.165, 1.54) is 0 Å². The molecule has 0 radical (unpaired) electrons. The molecule has 1 aromatic rings. The van der Waals surface area contributed by atoms with Gasteiger partial charge in [-0.2, -0.15) is 0 Å². The van der Waals surface area contributed by atoms with Crippen LogP contribution in [0.4, 0.5) is 5.82 Å². The molecule has 0 atom stereocenters. The van der Waals surface area contributed by atoms with Crippen molar-refractivity contribution in [2.75, 3.05) is 11.9 Å². The standard InChI is InChI=1S/C10H16ClN3/c1-5-10(2,3)14(4)8-6-7-12-9(11)13-8/h6-7H,5H2,1-4H3. The molecule has 0 aliphatic carbocycles. The predicted octanol–water partition coefficient (Wildman–Crippen LogP) is 2.75. The normalized spacial score (nSPS) is 11.5. The Labute approximate surface area is 90.1 Å². The topological polar surface area (TPSA) is 29.0 Å². The number of halogens is 1. The van der Waals surface area contributed by atoms with Crippen LogP contribution in [-0.2, 0) is 0 Å². The predicted molar refractivity (Wildman–Crippen MR) is 59.8 cm³/mol. The first-order chi connectivity index (χ1) is 6.47.